The number of rotatable bonds is 1. The summed E-state index contributed by atoms with van der Waals surface area (Å²) < 4.78 is 0. The Morgan fingerprint density at radius 1 is 1.22 bits per heavy atom. The van der Waals surface area contributed by atoms with Crippen LogP contribution in [-0.4, -0.2) is 0 Å². The lowest BCUT2D eigenvalue weighted by Crippen LogP contribution is -2.26. The molecule has 0 radical (unpaired) electrons. The van der Waals surface area contributed by atoms with Crippen LogP contribution in [0.4, 0.5) is 0 Å². The summed E-state index contributed by atoms with van der Waals surface area (Å²) in [5.74, 6) is 0.443. The van der Waals surface area contributed by atoms with Gasteiger partial charge in [0.25, 0.3) is 0 Å². The third-order valence-electron chi connectivity index (χ3n) is 4.05. The molecular formula is C17H21N. The van der Waals surface area contributed by atoms with Gasteiger partial charge in [0.15, 0.2) is 0 Å². The number of benzene rings is 1. The molecule has 0 amide bonds. The van der Waals surface area contributed by atoms with Crippen LogP contribution in [0, 0.1) is 23.7 Å². The fourth-order valence-electron chi connectivity index (χ4n) is 3.31. The molecule has 0 N–H and O–H groups in total. The zero-order chi connectivity index (χ0) is 13.3. The summed E-state index contributed by atoms with van der Waals surface area (Å²) in [4.78, 5) is 0. The van der Waals surface area contributed by atoms with Gasteiger partial charge in [-0.3, -0.25) is 0 Å². The second-order valence-corrected chi connectivity index (χ2v) is 6.15. The largest absolute Gasteiger partial charge is 0.192 e. The van der Waals surface area contributed by atoms with Crippen LogP contribution in [0.25, 0.3) is 0 Å². The minimum atomic E-state index is 0.277. The molecule has 1 aliphatic carbocycles. The fourth-order valence-corrected chi connectivity index (χ4v) is 3.31. The highest BCUT2D eigenvalue weighted by Crippen LogP contribution is 2.47. The molecule has 1 aromatic carbocycles. The highest BCUT2D eigenvalue weighted by Gasteiger charge is 2.34. The Balaban J connectivity index is 2.53. The van der Waals surface area contributed by atoms with E-state index < -0.39 is 0 Å². The van der Waals surface area contributed by atoms with Gasteiger partial charge in [-0.05, 0) is 55.4 Å². The zero-order valence-corrected chi connectivity index (χ0v) is 11.7. The van der Waals surface area contributed by atoms with E-state index in [2.05, 4.69) is 52.0 Å². The number of allylic oxidation sites excluding steroid dienone is 2. The Hall–Kier alpha value is -1.55. The molecule has 0 saturated carbocycles. The van der Waals surface area contributed by atoms with Crippen molar-refractivity contribution in [3.8, 4) is 6.07 Å². The van der Waals surface area contributed by atoms with E-state index in [1.807, 2.05) is 6.07 Å². The van der Waals surface area contributed by atoms with Crippen molar-refractivity contribution in [1.29, 1.82) is 5.26 Å². The minimum Gasteiger partial charge on any atom is -0.192 e. The lowest BCUT2D eigenvalue weighted by molar-refractivity contribution is 0.276. The third kappa shape index (κ3) is 2.34. The summed E-state index contributed by atoms with van der Waals surface area (Å²) in [6.07, 6.45) is 4.74. The molecule has 0 spiro atoms. The average Bonchev–Trinajstić information content (AvgIpc) is 2.26. The predicted molar refractivity (Wildman–Crippen MR) is 75.4 cm³/mol. The van der Waals surface area contributed by atoms with Gasteiger partial charge < -0.3 is 0 Å². The maximum atomic E-state index is 9.12. The van der Waals surface area contributed by atoms with Crippen LogP contribution in [0.3, 0.4) is 0 Å². The first-order valence-electron chi connectivity index (χ1n) is 6.62. The molecule has 1 aliphatic rings. The Bertz CT molecular complexity index is 529. The van der Waals surface area contributed by atoms with E-state index in [4.69, 9.17) is 5.26 Å². The number of hydrogen-bond acceptors (Lipinski definition) is 1. The number of nitrogens with zero attached hydrogens (tertiary/aromatic N) is 1. The van der Waals surface area contributed by atoms with Crippen molar-refractivity contribution in [3.63, 3.8) is 0 Å². The molecule has 94 valence electrons. The Morgan fingerprint density at radius 2 is 1.94 bits per heavy atom. The topological polar surface area (TPSA) is 23.8 Å². The van der Waals surface area contributed by atoms with Gasteiger partial charge in [-0.1, -0.05) is 31.6 Å². The van der Waals surface area contributed by atoms with Gasteiger partial charge in [0.2, 0.25) is 0 Å². The standard InChI is InChI=1S/C17H21N/c1-12-8-14(11-18)10-15(9-12)16-13(2)6-5-7-17(16,3)4/h6,8-10,16H,5,7H2,1-4H3. The smallest absolute Gasteiger partial charge is 0.0991 e. The molecule has 1 aromatic rings. The van der Waals surface area contributed by atoms with Gasteiger partial charge in [0.1, 0.15) is 0 Å². The van der Waals surface area contributed by atoms with Gasteiger partial charge in [0.05, 0.1) is 11.6 Å². The van der Waals surface area contributed by atoms with Crippen molar-refractivity contribution < 1.29 is 0 Å². The predicted octanol–water partition coefficient (Wildman–Crippen LogP) is 4.72. The van der Waals surface area contributed by atoms with Crippen LogP contribution < -0.4 is 0 Å². The highest BCUT2D eigenvalue weighted by molar-refractivity contribution is 5.42. The summed E-state index contributed by atoms with van der Waals surface area (Å²) in [7, 11) is 0. The quantitative estimate of drug-likeness (QED) is 0.651. The summed E-state index contributed by atoms with van der Waals surface area (Å²) >= 11 is 0. The summed E-state index contributed by atoms with van der Waals surface area (Å²) in [6.45, 7) is 8.96. The summed E-state index contributed by atoms with van der Waals surface area (Å²) in [5, 5.41) is 9.12. The molecule has 1 nitrogen and oxygen atoms in total. The van der Waals surface area contributed by atoms with E-state index in [0.717, 1.165) is 5.56 Å². The highest BCUT2D eigenvalue weighted by atomic mass is 14.4. The van der Waals surface area contributed by atoms with E-state index in [9.17, 15) is 0 Å². The normalized spacial score (nSPS) is 22.2. The van der Waals surface area contributed by atoms with Crippen molar-refractivity contribution in [2.24, 2.45) is 5.41 Å². The van der Waals surface area contributed by atoms with E-state index >= 15 is 0 Å². The molecule has 0 aromatic heterocycles. The van der Waals surface area contributed by atoms with E-state index in [-0.39, 0.29) is 5.41 Å². The van der Waals surface area contributed by atoms with Crippen LogP contribution >= 0.6 is 0 Å². The number of nitriles is 1. The van der Waals surface area contributed by atoms with E-state index in [1.165, 1.54) is 29.5 Å². The summed E-state index contributed by atoms with van der Waals surface area (Å²) in [5.41, 5.74) is 4.97. The number of aryl methyl sites for hydroxylation is 1. The van der Waals surface area contributed by atoms with Crippen LogP contribution in [0.5, 0.6) is 0 Å². The third-order valence-corrected chi connectivity index (χ3v) is 4.05. The zero-order valence-electron chi connectivity index (χ0n) is 11.7. The van der Waals surface area contributed by atoms with E-state index in [0.29, 0.717) is 5.92 Å². The first kappa shape index (κ1) is 12.9. The molecule has 0 saturated heterocycles. The van der Waals surface area contributed by atoms with Gasteiger partial charge >= 0.3 is 0 Å². The van der Waals surface area contributed by atoms with E-state index in [1.54, 1.807) is 0 Å². The number of hydrogen-bond donors (Lipinski definition) is 0. The second-order valence-electron chi connectivity index (χ2n) is 6.15. The molecular weight excluding hydrogens is 218 g/mol. The molecule has 0 fully saturated rings. The summed E-state index contributed by atoms with van der Waals surface area (Å²) in [6, 6.07) is 8.52. The lowest BCUT2D eigenvalue weighted by Gasteiger charge is -2.39. The minimum absolute atomic E-state index is 0.277. The molecule has 0 bridgehead atoms. The fraction of sp³-hybridized carbons (Fsp3) is 0.471. The van der Waals surface area contributed by atoms with Crippen molar-refractivity contribution in [2.75, 3.05) is 0 Å². The second kappa shape index (κ2) is 4.61. The SMILES string of the molecule is CC1=CCCC(C)(C)C1c1cc(C)cc(C#N)c1. The molecule has 18 heavy (non-hydrogen) atoms. The van der Waals surface area contributed by atoms with Crippen LogP contribution in [0.1, 0.15) is 56.2 Å². The first-order chi connectivity index (χ1) is 8.44. The van der Waals surface area contributed by atoms with Gasteiger partial charge in [-0.15, -0.1) is 0 Å². The average molecular weight is 239 g/mol. The molecule has 1 heteroatoms. The first-order valence-corrected chi connectivity index (χ1v) is 6.62. The van der Waals surface area contributed by atoms with Crippen molar-refractivity contribution in [1.82, 2.24) is 0 Å². The molecule has 1 unspecified atom stereocenters. The van der Waals surface area contributed by atoms with Crippen molar-refractivity contribution >= 4 is 0 Å². The Morgan fingerprint density at radius 3 is 2.56 bits per heavy atom. The van der Waals surface area contributed by atoms with Gasteiger partial charge in [-0.2, -0.15) is 5.26 Å². The molecule has 2 rings (SSSR count). The Labute approximate surface area is 110 Å². The lowest BCUT2D eigenvalue weighted by atomic mass is 9.65. The Kier molecular flexibility index (Phi) is 3.30. The monoisotopic (exact) mass is 239 g/mol. The van der Waals surface area contributed by atoms with Crippen LogP contribution in [0.15, 0.2) is 29.8 Å². The maximum absolute atomic E-state index is 9.12. The van der Waals surface area contributed by atoms with Gasteiger partial charge in [0, 0.05) is 5.92 Å². The van der Waals surface area contributed by atoms with Crippen LogP contribution in [0.2, 0.25) is 0 Å². The maximum Gasteiger partial charge on any atom is 0.0991 e. The van der Waals surface area contributed by atoms with Crippen molar-refractivity contribution in [3.05, 3.63) is 46.5 Å². The van der Waals surface area contributed by atoms with Gasteiger partial charge in [-0.25, -0.2) is 0 Å². The molecule has 0 heterocycles. The molecule has 1 atom stereocenters. The van der Waals surface area contributed by atoms with Crippen LogP contribution in [-0.2, 0) is 0 Å². The molecule has 0 aliphatic heterocycles. The van der Waals surface area contributed by atoms with Crippen molar-refractivity contribution in [2.45, 2.75) is 46.5 Å².